The van der Waals surface area contributed by atoms with Crippen LogP contribution in [0, 0.1) is 5.82 Å². The number of benzene rings is 1. The van der Waals surface area contributed by atoms with E-state index in [1.807, 2.05) is 19.0 Å². The van der Waals surface area contributed by atoms with Crippen LogP contribution in [-0.4, -0.2) is 74.1 Å². The number of carbonyl (C=O) groups is 1. The van der Waals surface area contributed by atoms with E-state index in [0.717, 1.165) is 38.4 Å². The highest BCUT2D eigenvalue weighted by Gasteiger charge is 2.20. The van der Waals surface area contributed by atoms with Crippen LogP contribution < -0.4 is 15.1 Å². The average molecular weight is 372 g/mol. The molecule has 1 saturated heterocycles. The highest BCUT2D eigenvalue weighted by atomic mass is 19.1. The summed E-state index contributed by atoms with van der Waals surface area (Å²) in [6.45, 7) is 4.39. The minimum absolute atomic E-state index is 0.189. The van der Waals surface area contributed by atoms with Gasteiger partial charge in [0.1, 0.15) is 11.5 Å². The van der Waals surface area contributed by atoms with E-state index in [1.165, 1.54) is 12.1 Å². The molecule has 0 atom stereocenters. The second-order valence-electron chi connectivity index (χ2n) is 6.75. The second kappa shape index (κ2) is 8.77. The summed E-state index contributed by atoms with van der Waals surface area (Å²) in [7, 11) is 3.92. The first-order chi connectivity index (χ1) is 13.0. The molecular formula is C19H25FN6O. The minimum atomic E-state index is -0.230. The number of anilines is 2. The van der Waals surface area contributed by atoms with Crippen molar-refractivity contribution < 1.29 is 9.18 Å². The molecule has 1 aromatic heterocycles. The summed E-state index contributed by atoms with van der Waals surface area (Å²) in [4.78, 5) is 27.3. The van der Waals surface area contributed by atoms with Gasteiger partial charge < -0.3 is 20.0 Å². The van der Waals surface area contributed by atoms with Crippen LogP contribution in [0.1, 0.15) is 10.5 Å². The Kier molecular flexibility index (Phi) is 6.18. The maximum atomic E-state index is 13.1. The van der Waals surface area contributed by atoms with Crippen LogP contribution in [0.4, 0.5) is 16.0 Å². The highest BCUT2D eigenvalue weighted by molar-refractivity contribution is 5.92. The molecule has 0 aliphatic carbocycles. The number of aromatic nitrogens is 2. The van der Waals surface area contributed by atoms with Gasteiger partial charge in [0.2, 0.25) is 5.95 Å². The Morgan fingerprint density at radius 1 is 1.11 bits per heavy atom. The van der Waals surface area contributed by atoms with Gasteiger partial charge in [0, 0.05) is 51.2 Å². The van der Waals surface area contributed by atoms with Gasteiger partial charge in [-0.3, -0.25) is 4.79 Å². The fraction of sp³-hybridized carbons (Fsp3) is 0.421. The van der Waals surface area contributed by atoms with E-state index >= 15 is 0 Å². The SMILES string of the molecule is CN(C)CCNC(=O)c1ccnc(N2CCN(c3ccc(F)cc3)CC2)n1. The molecule has 0 spiro atoms. The number of piperazine rings is 1. The molecule has 27 heavy (non-hydrogen) atoms. The Balaban J connectivity index is 1.58. The van der Waals surface area contributed by atoms with Crippen LogP contribution >= 0.6 is 0 Å². The molecular weight excluding hydrogens is 347 g/mol. The van der Waals surface area contributed by atoms with Crippen molar-refractivity contribution in [3.8, 4) is 0 Å². The van der Waals surface area contributed by atoms with Gasteiger partial charge in [-0.15, -0.1) is 0 Å². The summed E-state index contributed by atoms with van der Waals surface area (Å²) in [5, 5.41) is 2.87. The van der Waals surface area contributed by atoms with Gasteiger partial charge in [-0.2, -0.15) is 0 Å². The smallest absolute Gasteiger partial charge is 0.270 e. The van der Waals surface area contributed by atoms with Crippen molar-refractivity contribution in [3.63, 3.8) is 0 Å². The zero-order valence-corrected chi connectivity index (χ0v) is 15.7. The van der Waals surface area contributed by atoms with Crippen molar-refractivity contribution in [3.05, 3.63) is 48.0 Å². The summed E-state index contributed by atoms with van der Waals surface area (Å²) in [6.07, 6.45) is 1.62. The first kappa shape index (κ1) is 19.0. The quantitative estimate of drug-likeness (QED) is 0.823. The summed E-state index contributed by atoms with van der Waals surface area (Å²) < 4.78 is 13.1. The van der Waals surface area contributed by atoms with E-state index in [-0.39, 0.29) is 11.7 Å². The molecule has 1 fully saturated rings. The van der Waals surface area contributed by atoms with Gasteiger partial charge in [0.15, 0.2) is 0 Å². The molecule has 0 unspecified atom stereocenters. The van der Waals surface area contributed by atoms with Crippen molar-refractivity contribution in [2.75, 3.05) is 63.2 Å². The Hall–Kier alpha value is -2.74. The van der Waals surface area contributed by atoms with E-state index in [1.54, 1.807) is 24.4 Å². The number of amides is 1. The van der Waals surface area contributed by atoms with Crippen molar-refractivity contribution in [1.29, 1.82) is 0 Å². The Labute approximate surface area is 158 Å². The lowest BCUT2D eigenvalue weighted by molar-refractivity contribution is 0.0946. The lowest BCUT2D eigenvalue weighted by Crippen LogP contribution is -2.47. The summed E-state index contributed by atoms with van der Waals surface area (Å²) in [5.74, 6) is 0.144. The third kappa shape index (κ3) is 5.13. The van der Waals surface area contributed by atoms with Crippen LogP contribution in [-0.2, 0) is 0 Å². The summed E-state index contributed by atoms with van der Waals surface area (Å²) in [5.41, 5.74) is 1.38. The Morgan fingerprint density at radius 2 is 1.78 bits per heavy atom. The van der Waals surface area contributed by atoms with Crippen molar-refractivity contribution in [1.82, 2.24) is 20.2 Å². The molecule has 1 amide bonds. The third-order valence-corrected chi connectivity index (χ3v) is 4.47. The molecule has 1 aliphatic rings. The molecule has 1 aromatic carbocycles. The number of likely N-dealkylation sites (N-methyl/N-ethyl adjacent to an activating group) is 1. The lowest BCUT2D eigenvalue weighted by Gasteiger charge is -2.36. The zero-order chi connectivity index (χ0) is 19.2. The van der Waals surface area contributed by atoms with Crippen LogP contribution in [0.2, 0.25) is 0 Å². The molecule has 7 nitrogen and oxygen atoms in total. The number of halogens is 1. The fourth-order valence-corrected chi connectivity index (χ4v) is 2.93. The van der Waals surface area contributed by atoms with Crippen molar-refractivity contribution in [2.45, 2.75) is 0 Å². The number of carbonyl (C=O) groups excluding carboxylic acids is 1. The third-order valence-electron chi connectivity index (χ3n) is 4.47. The van der Waals surface area contributed by atoms with E-state index in [0.29, 0.717) is 18.2 Å². The first-order valence-corrected chi connectivity index (χ1v) is 9.04. The van der Waals surface area contributed by atoms with Crippen LogP contribution in [0.3, 0.4) is 0 Å². The van der Waals surface area contributed by atoms with Gasteiger partial charge in [-0.1, -0.05) is 0 Å². The molecule has 1 aliphatic heterocycles. The number of hydrogen-bond donors (Lipinski definition) is 1. The molecule has 3 rings (SSSR count). The number of hydrogen-bond acceptors (Lipinski definition) is 6. The predicted molar refractivity (Wildman–Crippen MR) is 104 cm³/mol. The number of nitrogens with zero attached hydrogens (tertiary/aromatic N) is 5. The minimum Gasteiger partial charge on any atom is -0.368 e. The topological polar surface area (TPSA) is 64.6 Å². The summed E-state index contributed by atoms with van der Waals surface area (Å²) >= 11 is 0. The molecule has 0 saturated carbocycles. The molecule has 0 bridgehead atoms. The van der Waals surface area contributed by atoms with Crippen LogP contribution in [0.5, 0.6) is 0 Å². The monoisotopic (exact) mass is 372 g/mol. The summed E-state index contributed by atoms with van der Waals surface area (Å²) in [6, 6.07) is 8.16. The highest BCUT2D eigenvalue weighted by Crippen LogP contribution is 2.18. The first-order valence-electron chi connectivity index (χ1n) is 9.04. The van der Waals surface area contributed by atoms with Crippen LogP contribution in [0.15, 0.2) is 36.5 Å². The Bertz CT molecular complexity index is 759. The van der Waals surface area contributed by atoms with Gasteiger partial charge >= 0.3 is 0 Å². The predicted octanol–water partition coefficient (Wildman–Crippen LogP) is 1.23. The second-order valence-corrected chi connectivity index (χ2v) is 6.75. The van der Waals surface area contributed by atoms with Crippen LogP contribution in [0.25, 0.3) is 0 Å². The van der Waals surface area contributed by atoms with E-state index in [2.05, 4.69) is 25.1 Å². The standard InChI is InChI=1S/C19H25FN6O/c1-24(2)10-9-21-18(27)17-7-8-22-19(23-17)26-13-11-25(12-14-26)16-5-3-15(20)4-6-16/h3-8H,9-14H2,1-2H3,(H,21,27). The molecule has 0 radical (unpaired) electrons. The molecule has 1 N–H and O–H groups in total. The molecule has 2 aromatic rings. The average Bonchev–Trinajstić information content (AvgIpc) is 2.68. The van der Waals surface area contributed by atoms with Crippen molar-refractivity contribution in [2.24, 2.45) is 0 Å². The fourth-order valence-electron chi connectivity index (χ4n) is 2.93. The zero-order valence-electron chi connectivity index (χ0n) is 15.7. The lowest BCUT2D eigenvalue weighted by atomic mass is 10.2. The molecule has 144 valence electrons. The number of rotatable bonds is 6. The molecule has 2 heterocycles. The maximum absolute atomic E-state index is 13.1. The van der Waals surface area contributed by atoms with Crippen molar-refractivity contribution >= 4 is 17.5 Å². The largest absolute Gasteiger partial charge is 0.368 e. The maximum Gasteiger partial charge on any atom is 0.270 e. The van der Waals surface area contributed by atoms with E-state index in [4.69, 9.17) is 0 Å². The van der Waals surface area contributed by atoms with Gasteiger partial charge in [0.25, 0.3) is 5.91 Å². The Morgan fingerprint density at radius 3 is 2.44 bits per heavy atom. The van der Waals surface area contributed by atoms with Gasteiger partial charge in [-0.25, -0.2) is 14.4 Å². The van der Waals surface area contributed by atoms with E-state index < -0.39 is 0 Å². The normalized spacial score (nSPS) is 14.5. The van der Waals surface area contributed by atoms with Gasteiger partial charge in [-0.05, 0) is 44.4 Å². The van der Waals surface area contributed by atoms with Gasteiger partial charge in [0.05, 0.1) is 0 Å². The number of nitrogens with one attached hydrogen (secondary N) is 1. The molecule has 8 heteroatoms. The van der Waals surface area contributed by atoms with E-state index in [9.17, 15) is 9.18 Å².